The van der Waals surface area contributed by atoms with E-state index in [1.165, 1.54) is 11.8 Å². The molecule has 0 amide bonds. The maximum Gasteiger partial charge on any atom is 0.273 e. The van der Waals surface area contributed by atoms with Crippen LogP contribution in [0.4, 0.5) is 4.79 Å². The number of imidazole rings is 1. The van der Waals surface area contributed by atoms with Crippen LogP contribution in [0.25, 0.3) is 6.08 Å². The van der Waals surface area contributed by atoms with Gasteiger partial charge >= 0.3 is 0 Å². The number of rotatable bonds is 8. The molecular weight excluding hydrogens is 447 g/mol. The zero-order valence-corrected chi connectivity index (χ0v) is 18.4. The van der Waals surface area contributed by atoms with Crippen LogP contribution in [0.5, 0.6) is 0 Å². The first kappa shape index (κ1) is 22.0. The molecule has 0 saturated heterocycles. The molecule has 0 aliphatic rings. The first-order chi connectivity index (χ1) is 14.1. The summed E-state index contributed by atoms with van der Waals surface area (Å²) in [5.74, 6) is 0. The van der Waals surface area contributed by atoms with Crippen molar-refractivity contribution in [2.45, 2.75) is 11.8 Å². The van der Waals surface area contributed by atoms with Crippen molar-refractivity contribution in [2.24, 2.45) is 0 Å². The lowest BCUT2D eigenvalue weighted by Crippen LogP contribution is -2.07. The molecule has 4 nitrogen and oxygen atoms in total. The van der Waals surface area contributed by atoms with Gasteiger partial charge in [0.2, 0.25) is 0 Å². The molecule has 0 bridgehead atoms. The number of carbonyl (C=O) groups excluding carboxylic acids is 1. The van der Waals surface area contributed by atoms with Gasteiger partial charge in [-0.25, -0.2) is 4.98 Å². The molecule has 3 aromatic rings. The standard InChI is InChI=1S/C21H18Cl2N2O2S2/c22-17-8-9-18(19(23)13-17)20(14-25-11-10-24-15-25)28-21(26)29-27-12-4-7-16-5-2-1-3-6-16/h1-11,13,15,20H,12,14H2/b7-4+. The molecule has 0 radical (unpaired) electrons. The van der Waals surface area contributed by atoms with Gasteiger partial charge in [0.15, 0.2) is 0 Å². The monoisotopic (exact) mass is 464 g/mol. The molecule has 0 aliphatic heterocycles. The molecule has 0 fully saturated rings. The molecule has 1 heterocycles. The van der Waals surface area contributed by atoms with Gasteiger partial charge in [0.1, 0.15) is 0 Å². The maximum atomic E-state index is 12.4. The summed E-state index contributed by atoms with van der Waals surface area (Å²) >= 11 is 14.4. The Morgan fingerprint density at radius 2 is 2.03 bits per heavy atom. The molecule has 1 unspecified atom stereocenters. The van der Waals surface area contributed by atoms with E-state index in [2.05, 4.69) is 4.98 Å². The van der Waals surface area contributed by atoms with E-state index < -0.39 is 0 Å². The van der Waals surface area contributed by atoms with Crippen LogP contribution < -0.4 is 0 Å². The van der Waals surface area contributed by atoms with Crippen LogP contribution in [0.1, 0.15) is 16.4 Å². The van der Waals surface area contributed by atoms with Crippen LogP contribution in [0.2, 0.25) is 10.0 Å². The van der Waals surface area contributed by atoms with Crippen molar-refractivity contribution in [2.75, 3.05) is 6.61 Å². The number of halogens is 2. The van der Waals surface area contributed by atoms with Crippen molar-refractivity contribution in [1.29, 1.82) is 0 Å². The molecule has 0 spiro atoms. The van der Waals surface area contributed by atoms with E-state index in [1.807, 2.05) is 59.3 Å². The van der Waals surface area contributed by atoms with Gasteiger partial charge in [0.05, 0.1) is 30.2 Å². The summed E-state index contributed by atoms with van der Waals surface area (Å²) in [7, 11) is 0. The highest BCUT2D eigenvalue weighted by atomic mass is 35.5. The van der Waals surface area contributed by atoms with Gasteiger partial charge in [0, 0.05) is 29.0 Å². The van der Waals surface area contributed by atoms with Crippen LogP contribution in [-0.2, 0) is 10.7 Å². The minimum absolute atomic E-state index is 0.144. The van der Waals surface area contributed by atoms with Crippen LogP contribution in [0, 0.1) is 0 Å². The fourth-order valence-electron chi connectivity index (χ4n) is 2.55. The smallest absolute Gasteiger partial charge is 0.273 e. The Kier molecular flexibility index (Phi) is 8.70. The lowest BCUT2D eigenvalue weighted by atomic mass is 10.1. The minimum atomic E-state index is -0.197. The number of hydrogen-bond acceptors (Lipinski definition) is 5. The third-order valence-corrected chi connectivity index (χ3v) is 6.21. The third kappa shape index (κ3) is 7.24. The number of aromatic nitrogens is 2. The van der Waals surface area contributed by atoms with Crippen LogP contribution in [0.15, 0.2) is 73.3 Å². The average Bonchev–Trinajstić information content (AvgIpc) is 3.21. The van der Waals surface area contributed by atoms with Gasteiger partial charge in [-0.3, -0.25) is 4.79 Å². The van der Waals surface area contributed by atoms with Crippen molar-refractivity contribution < 1.29 is 8.98 Å². The number of hydrogen-bond donors (Lipinski definition) is 0. The molecule has 1 atom stereocenters. The minimum Gasteiger partial charge on any atom is -0.336 e. The second kappa shape index (κ2) is 11.5. The molecule has 29 heavy (non-hydrogen) atoms. The van der Waals surface area contributed by atoms with Crippen molar-refractivity contribution in [3.8, 4) is 0 Å². The van der Waals surface area contributed by atoms with E-state index >= 15 is 0 Å². The predicted molar refractivity (Wildman–Crippen MR) is 123 cm³/mol. The summed E-state index contributed by atoms with van der Waals surface area (Å²) < 4.78 is 7.19. The van der Waals surface area contributed by atoms with Gasteiger partial charge in [-0.2, -0.15) is 0 Å². The van der Waals surface area contributed by atoms with Gasteiger partial charge in [0.25, 0.3) is 4.45 Å². The van der Waals surface area contributed by atoms with Crippen molar-refractivity contribution >= 4 is 57.5 Å². The van der Waals surface area contributed by atoms with Crippen molar-refractivity contribution in [3.05, 3.63) is 94.5 Å². The lowest BCUT2D eigenvalue weighted by molar-refractivity contribution is 0.274. The normalized spacial score (nSPS) is 12.3. The quantitative estimate of drug-likeness (QED) is 0.261. The highest BCUT2D eigenvalue weighted by Gasteiger charge is 2.21. The predicted octanol–water partition coefficient (Wildman–Crippen LogP) is 7.16. The van der Waals surface area contributed by atoms with Crippen LogP contribution >= 0.6 is 47.0 Å². The largest absolute Gasteiger partial charge is 0.336 e. The first-order valence-electron chi connectivity index (χ1n) is 8.74. The molecule has 3 rings (SSSR count). The Hall–Kier alpha value is -1.70. The summed E-state index contributed by atoms with van der Waals surface area (Å²) in [5.41, 5.74) is 1.92. The molecule has 0 N–H and O–H groups in total. The van der Waals surface area contributed by atoms with Crippen LogP contribution in [0.3, 0.4) is 0 Å². The second-order valence-electron chi connectivity index (χ2n) is 5.96. The Morgan fingerprint density at radius 1 is 1.21 bits per heavy atom. The summed E-state index contributed by atoms with van der Waals surface area (Å²) in [4.78, 5) is 16.5. The van der Waals surface area contributed by atoms with E-state index in [1.54, 1.807) is 24.7 Å². The highest BCUT2D eigenvalue weighted by Crippen LogP contribution is 2.39. The van der Waals surface area contributed by atoms with Gasteiger partial charge in [-0.05, 0) is 23.3 Å². The molecular formula is C21H18Cl2N2O2S2. The van der Waals surface area contributed by atoms with E-state index in [4.69, 9.17) is 27.4 Å². The molecule has 0 aliphatic carbocycles. The maximum absolute atomic E-state index is 12.4. The summed E-state index contributed by atoms with van der Waals surface area (Å²) in [6.07, 6.45) is 9.08. The van der Waals surface area contributed by atoms with Gasteiger partial charge in [-0.1, -0.05) is 83.5 Å². The Balaban J connectivity index is 1.56. The van der Waals surface area contributed by atoms with Gasteiger partial charge < -0.3 is 8.75 Å². The molecule has 2 aromatic carbocycles. The van der Waals surface area contributed by atoms with E-state index in [0.29, 0.717) is 23.2 Å². The molecule has 1 aromatic heterocycles. The number of nitrogens with zero attached hydrogens (tertiary/aromatic N) is 2. The fourth-order valence-corrected chi connectivity index (χ4v) is 4.86. The van der Waals surface area contributed by atoms with Crippen molar-refractivity contribution in [1.82, 2.24) is 9.55 Å². The van der Waals surface area contributed by atoms with E-state index in [-0.39, 0.29) is 9.70 Å². The third-order valence-electron chi connectivity index (χ3n) is 3.88. The van der Waals surface area contributed by atoms with Gasteiger partial charge in [-0.15, -0.1) is 0 Å². The Morgan fingerprint density at radius 3 is 2.76 bits per heavy atom. The number of thioether (sulfide) groups is 1. The zero-order chi connectivity index (χ0) is 20.5. The first-order valence-corrected chi connectivity index (χ1v) is 11.1. The SMILES string of the molecule is O=C(SOC/C=C/c1ccccc1)SC(Cn1ccnc1)c1ccc(Cl)cc1Cl. The zero-order valence-electron chi connectivity index (χ0n) is 15.3. The van der Waals surface area contributed by atoms with E-state index in [9.17, 15) is 4.79 Å². The lowest BCUT2D eigenvalue weighted by Gasteiger charge is -2.18. The summed E-state index contributed by atoms with van der Waals surface area (Å²) in [6.45, 7) is 0.881. The molecule has 8 heteroatoms. The number of benzene rings is 2. The Labute approximate surface area is 188 Å². The van der Waals surface area contributed by atoms with E-state index in [0.717, 1.165) is 23.2 Å². The molecule has 0 saturated carbocycles. The Bertz CT molecular complexity index is 951. The van der Waals surface area contributed by atoms with Crippen LogP contribution in [-0.4, -0.2) is 20.6 Å². The number of carbonyl (C=O) groups is 1. The highest BCUT2D eigenvalue weighted by molar-refractivity contribution is 8.36. The summed E-state index contributed by atoms with van der Waals surface area (Å²) in [6, 6.07) is 15.2. The average molecular weight is 465 g/mol. The second-order valence-corrected chi connectivity index (χ2v) is 9.01. The topological polar surface area (TPSA) is 44.1 Å². The van der Waals surface area contributed by atoms with Crippen molar-refractivity contribution in [3.63, 3.8) is 0 Å². The fraction of sp³-hybridized carbons (Fsp3) is 0.143. The molecule has 150 valence electrons. The summed E-state index contributed by atoms with van der Waals surface area (Å²) in [5, 5.41) is 0.886.